The van der Waals surface area contributed by atoms with Gasteiger partial charge in [0.1, 0.15) is 48.5 Å². The molecule has 14 nitrogen and oxygen atoms in total. The second kappa shape index (κ2) is 10.9. The molecule has 0 aromatic rings. The van der Waals surface area contributed by atoms with Gasteiger partial charge in [-0.1, -0.05) is 0 Å². The minimum atomic E-state index is -4.67. The van der Waals surface area contributed by atoms with Gasteiger partial charge in [0, 0.05) is 6.92 Å². The SMILES string of the molecule is CC(=O)N[C@@H](CO)[C@@H](O[C@@H]1O[C@H](CS(=O)(=O)O)[C@H](O)[C@H](O)[C@H]1O)[C@H](O)[C@H](O)CO. The number of nitrogens with one attached hydrogen (secondary N) is 1. The molecule has 0 saturated carbocycles. The lowest BCUT2D eigenvalue weighted by molar-refractivity contribution is -0.315. The number of aliphatic hydroxyl groups is 7. The molecular weight excluding hydrogens is 422 g/mol. The molecule has 0 unspecified atom stereocenters. The van der Waals surface area contributed by atoms with E-state index in [1.54, 1.807) is 0 Å². The zero-order valence-corrected chi connectivity index (χ0v) is 16.2. The van der Waals surface area contributed by atoms with Gasteiger partial charge in [-0.05, 0) is 0 Å². The first-order valence-corrected chi connectivity index (χ1v) is 10.1. The highest BCUT2D eigenvalue weighted by Crippen LogP contribution is 2.26. The Morgan fingerprint density at radius 3 is 2.14 bits per heavy atom. The van der Waals surface area contributed by atoms with E-state index in [1.807, 2.05) is 0 Å². The van der Waals surface area contributed by atoms with Crippen LogP contribution in [0.4, 0.5) is 0 Å². The molecule has 9 atom stereocenters. The highest BCUT2D eigenvalue weighted by Gasteiger charge is 2.48. The van der Waals surface area contributed by atoms with Gasteiger partial charge in [0.05, 0.1) is 19.3 Å². The third kappa shape index (κ3) is 7.34. The van der Waals surface area contributed by atoms with E-state index in [2.05, 4.69) is 5.32 Å². The minimum absolute atomic E-state index is 0.673. The Morgan fingerprint density at radius 2 is 1.69 bits per heavy atom. The number of carbonyl (C=O) groups excluding carboxylic acids is 1. The van der Waals surface area contributed by atoms with Crippen molar-refractivity contribution in [3.8, 4) is 0 Å². The van der Waals surface area contributed by atoms with Crippen molar-refractivity contribution in [1.82, 2.24) is 5.32 Å². The molecule has 0 radical (unpaired) electrons. The van der Waals surface area contributed by atoms with E-state index in [4.69, 9.17) is 19.1 Å². The number of aliphatic hydroxyl groups excluding tert-OH is 7. The smallest absolute Gasteiger partial charge is 0.267 e. The normalized spacial score (nSPS) is 32.2. The molecule has 1 fully saturated rings. The zero-order valence-electron chi connectivity index (χ0n) is 15.3. The third-order valence-electron chi connectivity index (χ3n) is 4.23. The van der Waals surface area contributed by atoms with Gasteiger partial charge in [-0.15, -0.1) is 0 Å². The lowest BCUT2D eigenvalue weighted by Crippen LogP contribution is -2.63. The van der Waals surface area contributed by atoms with E-state index in [1.165, 1.54) is 0 Å². The summed E-state index contributed by atoms with van der Waals surface area (Å²) in [5.41, 5.74) is 0. The van der Waals surface area contributed by atoms with Crippen LogP contribution in [0.2, 0.25) is 0 Å². The molecule has 0 aromatic heterocycles. The van der Waals surface area contributed by atoms with Crippen LogP contribution < -0.4 is 5.32 Å². The molecule has 0 aliphatic carbocycles. The predicted molar refractivity (Wildman–Crippen MR) is 91.8 cm³/mol. The first-order valence-electron chi connectivity index (χ1n) is 8.47. The molecule has 15 heteroatoms. The van der Waals surface area contributed by atoms with Crippen molar-refractivity contribution in [2.75, 3.05) is 19.0 Å². The largest absolute Gasteiger partial charge is 0.394 e. The van der Waals surface area contributed by atoms with Gasteiger partial charge in [0.25, 0.3) is 10.1 Å². The summed E-state index contributed by atoms with van der Waals surface area (Å²) in [6, 6.07) is -1.39. The average Bonchev–Trinajstić information content (AvgIpc) is 2.63. The Bertz CT molecular complexity index is 631. The van der Waals surface area contributed by atoms with Crippen LogP contribution in [0.25, 0.3) is 0 Å². The van der Waals surface area contributed by atoms with Crippen LogP contribution in [-0.4, -0.2) is 129 Å². The standard InChI is InChI=1S/C14H27NO13S/c1-5(18)15-6(2-16)13(9(20)7(19)3-17)28-14-12(23)11(22)10(21)8(27-14)4-29(24,25)26/h6-14,16-17,19-23H,2-4H2,1H3,(H,15,18)(H,24,25,26)/t6-,7+,8+,9+,10-,11-,12+,13+,14-/m0/s1. The molecule has 0 spiro atoms. The van der Waals surface area contributed by atoms with Crippen LogP contribution in [0.3, 0.4) is 0 Å². The average molecular weight is 449 g/mol. The number of hydrogen-bond acceptors (Lipinski definition) is 12. The van der Waals surface area contributed by atoms with Gasteiger partial charge in [-0.2, -0.15) is 8.42 Å². The van der Waals surface area contributed by atoms with Crippen LogP contribution in [0, 0.1) is 0 Å². The Labute approximate surface area is 166 Å². The van der Waals surface area contributed by atoms with Gasteiger partial charge < -0.3 is 50.5 Å². The van der Waals surface area contributed by atoms with Crippen molar-refractivity contribution in [1.29, 1.82) is 0 Å². The molecule has 0 bridgehead atoms. The zero-order chi connectivity index (χ0) is 22.5. The maximum Gasteiger partial charge on any atom is 0.267 e. The Kier molecular flexibility index (Phi) is 9.77. The fraction of sp³-hybridized carbons (Fsp3) is 0.929. The first-order chi connectivity index (χ1) is 13.3. The lowest BCUT2D eigenvalue weighted by atomic mass is 9.98. The van der Waals surface area contributed by atoms with Crippen LogP contribution in [0.1, 0.15) is 6.92 Å². The fourth-order valence-corrected chi connectivity index (χ4v) is 3.45. The lowest BCUT2D eigenvalue weighted by Gasteiger charge is -2.43. The molecule has 1 rings (SSSR count). The summed E-state index contributed by atoms with van der Waals surface area (Å²) in [7, 11) is -4.67. The van der Waals surface area contributed by atoms with Crippen molar-refractivity contribution in [3.63, 3.8) is 0 Å². The molecule has 1 aliphatic heterocycles. The van der Waals surface area contributed by atoms with Crippen molar-refractivity contribution in [2.24, 2.45) is 0 Å². The topological polar surface area (TPSA) is 244 Å². The number of carbonyl (C=O) groups is 1. The summed E-state index contributed by atoms with van der Waals surface area (Å²) in [4.78, 5) is 11.3. The molecule has 1 saturated heterocycles. The number of amides is 1. The second-order valence-electron chi connectivity index (χ2n) is 6.59. The third-order valence-corrected chi connectivity index (χ3v) is 4.98. The Hall–Kier alpha value is -0.980. The van der Waals surface area contributed by atoms with Gasteiger partial charge in [-0.25, -0.2) is 0 Å². The highest BCUT2D eigenvalue weighted by atomic mass is 32.2. The molecule has 1 amide bonds. The van der Waals surface area contributed by atoms with Gasteiger partial charge in [0.15, 0.2) is 6.29 Å². The molecule has 29 heavy (non-hydrogen) atoms. The quantitative estimate of drug-likeness (QED) is 0.141. The summed E-state index contributed by atoms with van der Waals surface area (Å²) in [5, 5.41) is 70.5. The van der Waals surface area contributed by atoms with Gasteiger partial charge >= 0.3 is 0 Å². The maximum absolute atomic E-state index is 11.3. The molecule has 1 aliphatic rings. The van der Waals surface area contributed by atoms with E-state index >= 15 is 0 Å². The van der Waals surface area contributed by atoms with E-state index < -0.39 is 90.1 Å². The summed E-state index contributed by atoms with van der Waals surface area (Å²) >= 11 is 0. The number of hydrogen-bond donors (Lipinski definition) is 9. The monoisotopic (exact) mass is 449 g/mol. The predicted octanol–water partition coefficient (Wildman–Crippen LogP) is -5.72. The van der Waals surface area contributed by atoms with Gasteiger partial charge in [0.2, 0.25) is 5.91 Å². The maximum atomic E-state index is 11.3. The molecule has 1 heterocycles. The Balaban J connectivity index is 3.14. The Morgan fingerprint density at radius 1 is 1.10 bits per heavy atom. The van der Waals surface area contributed by atoms with E-state index in [0.717, 1.165) is 6.92 Å². The molecule has 172 valence electrons. The molecule has 0 aromatic carbocycles. The molecular formula is C14H27NO13S. The van der Waals surface area contributed by atoms with Crippen molar-refractivity contribution in [2.45, 2.75) is 62.0 Å². The number of rotatable bonds is 10. The first kappa shape index (κ1) is 26.1. The van der Waals surface area contributed by atoms with E-state index in [9.17, 15) is 43.9 Å². The summed E-state index contributed by atoms with van der Waals surface area (Å²) < 4.78 is 41.5. The van der Waals surface area contributed by atoms with E-state index in [0.29, 0.717) is 0 Å². The van der Waals surface area contributed by atoms with Crippen molar-refractivity contribution < 1.29 is 63.0 Å². The van der Waals surface area contributed by atoms with Crippen LogP contribution >= 0.6 is 0 Å². The van der Waals surface area contributed by atoms with Crippen molar-refractivity contribution >= 4 is 16.0 Å². The van der Waals surface area contributed by atoms with Crippen molar-refractivity contribution in [3.05, 3.63) is 0 Å². The number of ether oxygens (including phenoxy) is 2. The van der Waals surface area contributed by atoms with Crippen LogP contribution in [0.5, 0.6) is 0 Å². The fourth-order valence-electron chi connectivity index (χ4n) is 2.76. The summed E-state index contributed by atoms with van der Waals surface area (Å²) in [5.74, 6) is -1.84. The van der Waals surface area contributed by atoms with Gasteiger partial charge in [-0.3, -0.25) is 9.35 Å². The van der Waals surface area contributed by atoms with E-state index in [-0.39, 0.29) is 0 Å². The van der Waals surface area contributed by atoms with Crippen LogP contribution in [0.15, 0.2) is 0 Å². The summed E-state index contributed by atoms with van der Waals surface area (Å²) in [6.45, 7) is -0.704. The minimum Gasteiger partial charge on any atom is -0.394 e. The van der Waals surface area contributed by atoms with Crippen LogP contribution in [-0.2, 0) is 24.4 Å². The molecule has 9 N–H and O–H groups in total. The second-order valence-corrected chi connectivity index (χ2v) is 8.09. The highest BCUT2D eigenvalue weighted by molar-refractivity contribution is 7.85. The summed E-state index contributed by atoms with van der Waals surface area (Å²) in [6.07, 6.45) is -15.1.